The van der Waals surface area contributed by atoms with Gasteiger partial charge in [0, 0.05) is 12.1 Å². The lowest BCUT2D eigenvalue weighted by Gasteiger charge is -2.27. The van der Waals surface area contributed by atoms with Crippen LogP contribution in [-0.2, 0) is 14.8 Å². The highest BCUT2D eigenvalue weighted by Gasteiger charge is 2.62. The van der Waals surface area contributed by atoms with Crippen LogP contribution in [0.1, 0.15) is 30.4 Å². The largest absolute Gasteiger partial charge is 0.390 e. The van der Waals surface area contributed by atoms with Crippen LogP contribution in [0.25, 0.3) is 0 Å². The standard InChI is InChI=1S/C23H25NO4S/c1-18-11-13-20(14-12-18)29(26,27)24(16-6-9-19-7-3-2-4-8-19)17-23-15-5-10-21(25)22(23)28-23/h2-4,7-8,11-14,21-22,25H,5,10,15-17H2,1H3/t21-,22-,23-/m1/s1. The van der Waals surface area contributed by atoms with E-state index in [0.717, 1.165) is 24.0 Å². The Labute approximate surface area is 172 Å². The number of fused-ring (bicyclic) bond motifs is 1. The molecule has 2 fully saturated rings. The molecule has 0 unspecified atom stereocenters. The molecule has 2 aromatic carbocycles. The van der Waals surface area contributed by atoms with E-state index in [1.165, 1.54) is 4.31 Å². The van der Waals surface area contributed by atoms with E-state index in [0.29, 0.717) is 6.42 Å². The fourth-order valence-corrected chi connectivity index (χ4v) is 5.35. The van der Waals surface area contributed by atoms with Crippen molar-refractivity contribution >= 4 is 10.0 Å². The summed E-state index contributed by atoms with van der Waals surface area (Å²) in [5, 5.41) is 10.2. The van der Waals surface area contributed by atoms with E-state index in [1.54, 1.807) is 24.3 Å². The van der Waals surface area contributed by atoms with Crippen LogP contribution >= 0.6 is 0 Å². The summed E-state index contributed by atoms with van der Waals surface area (Å²) < 4.78 is 33.9. The van der Waals surface area contributed by atoms with E-state index < -0.39 is 21.7 Å². The summed E-state index contributed by atoms with van der Waals surface area (Å²) in [5.74, 6) is 6.04. The van der Waals surface area contributed by atoms with Gasteiger partial charge in [-0.3, -0.25) is 0 Å². The van der Waals surface area contributed by atoms with Gasteiger partial charge in [-0.1, -0.05) is 47.7 Å². The highest BCUT2D eigenvalue weighted by Crippen LogP contribution is 2.48. The molecule has 0 amide bonds. The lowest BCUT2D eigenvalue weighted by atomic mass is 9.87. The number of nitrogens with zero attached hydrogens (tertiary/aromatic N) is 1. The van der Waals surface area contributed by atoms with E-state index >= 15 is 0 Å². The Balaban J connectivity index is 1.60. The highest BCUT2D eigenvalue weighted by atomic mass is 32.2. The number of hydrogen-bond donors (Lipinski definition) is 1. The predicted octanol–water partition coefficient (Wildman–Crippen LogP) is 2.72. The number of benzene rings is 2. The number of aliphatic hydroxyl groups excluding tert-OH is 1. The number of sulfonamides is 1. The molecule has 1 saturated carbocycles. The molecular formula is C23H25NO4S. The maximum absolute atomic E-state index is 13.3. The van der Waals surface area contributed by atoms with E-state index in [4.69, 9.17) is 4.74 Å². The van der Waals surface area contributed by atoms with Crippen molar-refractivity contribution in [1.29, 1.82) is 0 Å². The zero-order valence-electron chi connectivity index (χ0n) is 16.4. The van der Waals surface area contributed by atoms with E-state index in [2.05, 4.69) is 11.8 Å². The van der Waals surface area contributed by atoms with Crippen LogP contribution in [-0.4, -0.2) is 48.7 Å². The summed E-state index contributed by atoms with van der Waals surface area (Å²) in [6.07, 6.45) is 1.47. The third-order valence-corrected chi connectivity index (χ3v) is 7.44. The van der Waals surface area contributed by atoms with Crippen LogP contribution < -0.4 is 0 Å². The molecular weight excluding hydrogens is 386 g/mol. The number of hydrogen-bond acceptors (Lipinski definition) is 4. The quantitative estimate of drug-likeness (QED) is 0.607. The van der Waals surface area contributed by atoms with Crippen LogP contribution in [0.2, 0.25) is 0 Å². The second kappa shape index (κ2) is 7.92. The minimum Gasteiger partial charge on any atom is -0.390 e. The van der Waals surface area contributed by atoms with Gasteiger partial charge in [-0.05, 0) is 50.5 Å². The second-order valence-electron chi connectivity index (χ2n) is 7.82. The van der Waals surface area contributed by atoms with Crippen LogP contribution in [0, 0.1) is 18.8 Å². The van der Waals surface area contributed by atoms with Gasteiger partial charge in [-0.2, -0.15) is 4.31 Å². The summed E-state index contributed by atoms with van der Waals surface area (Å²) in [4.78, 5) is 0.245. The van der Waals surface area contributed by atoms with Gasteiger partial charge < -0.3 is 9.84 Å². The van der Waals surface area contributed by atoms with Crippen molar-refractivity contribution < 1.29 is 18.3 Å². The number of epoxide rings is 1. The van der Waals surface area contributed by atoms with Crippen molar-refractivity contribution in [2.75, 3.05) is 13.1 Å². The molecule has 0 aromatic heterocycles. The third kappa shape index (κ3) is 4.24. The molecule has 6 heteroatoms. The van der Waals surface area contributed by atoms with Crippen molar-refractivity contribution in [1.82, 2.24) is 4.31 Å². The van der Waals surface area contributed by atoms with Gasteiger partial charge >= 0.3 is 0 Å². The van der Waals surface area contributed by atoms with Gasteiger partial charge in [0.2, 0.25) is 10.0 Å². The molecule has 1 heterocycles. The van der Waals surface area contributed by atoms with E-state index in [-0.39, 0.29) is 24.1 Å². The van der Waals surface area contributed by atoms with Crippen LogP contribution in [0.15, 0.2) is 59.5 Å². The maximum Gasteiger partial charge on any atom is 0.244 e. The zero-order valence-corrected chi connectivity index (χ0v) is 17.2. The third-order valence-electron chi connectivity index (χ3n) is 5.64. The molecule has 2 aliphatic rings. The van der Waals surface area contributed by atoms with Crippen LogP contribution in [0.4, 0.5) is 0 Å². The molecule has 0 bridgehead atoms. The Bertz CT molecular complexity index is 1020. The topological polar surface area (TPSA) is 70.1 Å². The number of aliphatic hydroxyl groups is 1. The Morgan fingerprint density at radius 1 is 1.17 bits per heavy atom. The Morgan fingerprint density at radius 3 is 2.62 bits per heavy atom. The minimum absolute atomic E-state index is 0.0685. The molecule has 5 nitrogen and oxygen atoms in total. The van der Waals surface area contributed by atoms with Gasteiger partial charge in [0.15, 0.2) is 0 Å². The highest BCUT2D eigenvalue weighted by molar-refractivity contribution is 7.89. The van der Waals surface area contributed by atoms with Gasteiger partial charge in [0.25, 0.3) is 0 Å². The average Bonchev–Trinajstić information content (AvgIpc) is 3.44. The molecule has 0 spiro atoms. The predicted molar refractivity (Wildman–Crippen MR) is 111 cm³/mol. The van der Waals surface area contributed by atoms with Crippen LogP contribution in [0.5, 0.6) is 0 Å². The Kier molecular flexibility index (Phi) is 5.50. The number of rotatable bonds is 5. The van der Waals surface area contributed by atoms with Gasteiger partial charge in [-0.15, -0.1) is 0 Å². The fraction of sp³-hybridized carbons (Fsp3) is 0.391. The van der Waals surface area contributed by atoms with E-state index in [1.807, 2.05) is 37.3 Å². The number of aryl methyl sites for hydroxylation is 1. The molecule has 0 radical (unpaired) electrons. The first-order chi connectivity index (χ1) is 13.9. The smallest absolute Gasteiger partial charge is 0.244 e. The SMILES string of the molecule is Cc1ccc(S(=O)(=O)N(CC#Cc2ccccc2)C[C@]23CCC[C@@H](O)[C@H]2O3)cc1. The molecule has 3 atom stereocenters. The Morgan fingerprint density at radius 2 is 1.90 bits per heavy atom. The first-order valence-corrected chi connectivity index (χ1v) is 11.3. The lowest BCUT2D eigenvalue weighted by molar-refractivity contribution is 0.122. The molecule has 4 rings (SSSR count). The summed E-state index contributed by atoms with van der Waals surface area (Å²) in [7, 11) is -3.73. The van der Waals surface area contributed by atoms with Gasteiger partial charge in [-0.25, -0.2) is 8.42 Å². The van der Waals surface area contributed by atoms with Crippen molar-refractivity contribution in [2.24, 2.45) is 0 Å². The minimum atomic E-state index is -3.73. The van der Waals surface area contributed by atoms with Gasteiger partial charge in [0.1, 0.15) is 11.7 Å². The molecule has 152 valence electrons. The van der Waals surface area contributed by atoms with Gasteiger partial charge in [0.05, 0.1) is 17.5 Å². The Hall–Kier alpha value is -2.17. The first-order valence-electron chi connectivity index (χ1n) is 9.87. The van der Waals surface area contributed by atoms with Crippen molar-refractivity contribution in [3.8, 4) is 11.8 Å². The van der Waals surface area contributed by atoms with E-state index in [9.17, 15) is 13.5 Å². The summed E-state index contributed by atoms with van der Waals surface area (Å²) in [6, 6.07) is 16.3. The summed E-state index contributed by atoms with van der Waals surface area (Å²) >= 11 is 0. The normalized spacial score (nSPS) is 25.8. The molecule has 1 saturated heterocycles. The second-order valence-corrected chi connectivity index (χ2v) is 9.75. The van der Waals surface area contributed by atoms with Crippen molar-refractivity contribution in [3.63, 3.8) is 0 Å². The van der Waals surface area contributed by atoms with Crippen molar-refractivity contribution in [3.05, 3.63) is 65.7 Å². The lowest BCUT2D eigenvalue weighted by Crippen LogP contribution is -2.43. The summed E-state index contributed by atoms with van der Waals surface area (Å²) in [5.41, 5.74) is 1.25. The number of ether oxygens (including phenoxy) is 1. The molecule has 1 aliphatic carbocycles. The molecule has 29 heavy (non-hydrogen) atoms. The first kappa shape index (κ1) is 20.1. The molecule has 1 aliphatic heterocycles. The monoisotopic (exact) mass is 411 g/mol. The zero-order chi connectivity index (χ0) is 20.5. The molecule has 2 aromatic rings. The molecule has 1 N–H and O–H groups in total. The van der Waals surface area contributed by atoms with Crippen LogP contribution in [0.3, 0.4) is 0 Å². The summed E-state index contributed by atoms with van der Waals surface area (Å²) in [6.45, 7) is 2.19. The average molecular weight is 412 g/mol. The van der Waals surface area contributed by atoms with Crippen molar-refractivity contribution in [2.45, 2.75) is 48.9 Å². The maximum atomic E-state index is 13.3. The fourth-order valence-electron chi connectivity index (χ4n) is 3.95.